The minimum atomic E-state index is 0.451. The summed E-state index contributed by atoms with van der Waals surface area (Å²) in [6.07, 6.45) is 1.79. The number of halogens is 3. The maximum absolute atomic E-state index is 6.18. The van der Waals surface area contributed by atoms with Gasteiger partial charge in [0.1, 0.15) is 11.5 Å². The highest BCUT2D eigenvalue weighted by atomic mass is 35.5. The molecule has 19 heavy (non-hydrogen) atoms. The van der Waals surface area contributed by atoms with Crippen LogP contribution in [0.25, 0.3) is 16.9 Å². The van der Waals surface area contributed by atoms with Crippen molar-refractivity contribution in [2.24, 2.45) is 0 Å². The Bertz CT molecular complexity index is 760. The van der Waals surface area contributed by atoms with Crippen LogP contribution in [0.2, 0.25) is 15.1 Å². The standard InChI is InChI=1S/C13H8Cl3N3/c14-7-3-1-4-8(15)10(7)11-12(17)19-6-2-5-9(16)13(19)18-11/h1-6H,17H2. The van der Waals surface area contributed by atoms with Crippen LogP contribution in [-0.2, 0) is 0 Å². The Kier molecular flexibility index (Phi) is 3.05. The number of imidazole rings is 1. The molecule has 0 aliphatic heterocycles. The lowest BCUT2D eigenvalue weighted by Crippen LogP contribution is -1.94. The van der Waals surface area contributed by atoms with Crippen LogP contribution in [-0.4, -0.2) is 9.38 Å². The lowest BCUT2D eigenvalue weighted by atomic mass is 10.1. The molecule has 0 atom stereocenters. The molecule has 2 heterocycles. The van der Waals surface area contributed by atoms with Gasteiger partial charge in [-0.3, -0.25) is 4.40 Å². The van der Waals surface area contributed by atoms with Gasteiger partial charge in [-0.05, 0) is 24.3 Å². The second-order valence-electron chi connectivity index (χ2n) is 3.99. The maximum Gasteiger partial charge on any atom is 0.157 e. The van der Waals surface area contributed by atoms with E-state index in [1.165, 1.54) is 0 Å². The molecule has 0 aliphatic rings. The summed E-state index contributed by atoms with van der Waals surface area (Å²) in [6, 6.07) is 8.81. The Labute approximate surface area is 124 Å². The molecule has 0 radical (unpaired) electrons. The monoisotopic (exact) mass is 311 g/mol. The SMILES string of the molecule is Nc1c(-c2c(Cl)cccc2Cl)nc2c(Cl)cccn12. The summed E-state index contributed by atoms with van der Waals surface area (Å²) >= 11 is 18.5. The van der Waals surface area contributed by atoms with E-state index in [9.17, 15) is 0 Å². The summed E-state index contributed by atoms with van der Waals surface area (Å²) in [6.45, 7) is 0. The average molecular weight is 313 g/mol. The van der Waals surface area contributed by atoms with E-state index < -0.39 is 0 Å². The Balaban J connectivity index is 2.38. The van der Waals surface area contributed by atoms with Gasteiger partial charge in [0.25, 0.3) is 0 Å². The topological polar surface area (TPSA) is 43.3 Å². The van der Waals surface area contributed by atoms with E-state index in [4.69, 9.17) is 40.5 Å². The van der Waals surface area contributed by atoms with Crippen LogP contribution >= 0.6 is 34.8 Å². The first-order valence-electron chi connectivity index (χ1n) is 5.46. The third-order valence-electron chi connectivity index (χ3n) is 2.84. The van der Waals surface area contributed by atoms with Crippen LogP contribution in [0.4, 0.5) is 5.82 Å². The number of nitrogen functional groups attached to an aromatic ring is 1. The molecular formula is C13H8Cl3N3. The first kappa shape index (κ1) is 12.6. The molecule has 0 saturated heterocycles. The van der Waals surface area contributed by atoms with Crippen LogP contribution in [0.1, 0.15) is 0 Å². The Morgan fingerprint density at radius 3 is 2.21 bits per heavy atom. The fourth-order valence-electron chi connectivity index (χ4n) is 1.96. The minimum absolute atomic E-state index is 0.451. The van der Waals surface area contributed by atoms with Gasteiger partial charge in [0.2, 0.25) is 0 Å². The number of fused-ring (bicyclic) bond motifs is 1. The van der Waals surface area contributed by atoms with E-state index >= 15 is 0 Å². The number of nitrogens with two attached hydrogens (primary N) is 1. The molecule has 6 heteroatoms. The third-order valence-corrected chi connectivity index (χ3v) is 3.76. The van der Waals surface area contributed by atoms with Gasteiger partial charge in [0.05, 0.1) is 15.1 Å². The number of hydrogen-bond acceptors (Lipinski definition) is 2. The number of benzene rings is 1. The van der Waals surface area contributed by atoms with E-state index in [1.807, 2.05) is 0 Å². The van der Waals surface area contributed by atoms with Crippen molar-refractivity contribution in [1.82, 2.24) is 9.38 Å². The van der Waals surface area contributed by atoms with Gasteiger partial charge in [-0.25, -0.2) is 4.98 Å². The molecular weight excluding hydrogens is 305 g/mol. The zero-order valence-corrected chi connectivity index (χ0v) is 11.8. The number of hydrogen-bond donors (Lipinski definition) is 1. The smallest absolute Gasteiger partial charge is 0.157 e. The van der Waals surface area contributed by atoms with Crippen LogP contribution in [0.15, 0.2) is 36.5 Å². The predicted molar refractivity (Wildman–Crippen MR) is 80.1 cm³/mol. The number of rotatable bonds is 1. The van der Waals surface area contributed by atoms with Crippen molar-refractivity contribution in [3.63, 3.8) is 0 Å². The highest BCUT2D eigenvalue weighted by molar-refractivity contribution is 6.39. The van der Waals surface area contributed by atoms with Crippen LogP contribution in [0, 0.1) is 0 Å². The fraction of sp³-hybridized carbons (Fsp3) is 0. The second-order valence-corrected chi connectivity index (χ2v) is 5.21. The number of anilines is 1. The van der Waals surface area contributed by atoms with Crippen LogP contribution in [0.3, 0.4) is 0 Å². The van der Waals surface area contributed by atoms with E-state index in [1.54, 1.807) is 40.9 Å². The van der Waals surface area contributed by atoms with Crippen molar-refractivity contribution in [3.05, 3.63) is 51.6 Å². The average Bonchev–Trinajstić information content (AvgIpc) is 2.69. The van der Waals surface area contributed by atoms with Crippen molar-refractivity contribution >= 4 is 46.3 Å². The molecule has 0 bridgehead atoms. The molecule has 2 aromatic heterocycles. The summed E-state index contributed by atoms with van der Waals surface area (Å²) in [5, 5.41) is 1.51. The molecule has 0 unspecified atom stereocenters. The normalized spacial score (nSPS) is 11.1. The van der Waals surface area contributed by atoms with Crippen molar-refractivity contribution in [1.29, 1.82) is 0 Å². The molecule has 0 aliphatic carbocycles. The third kappa shape index (κ3) is 1.94. The highest BCUT2D eigenvalue weighted by Crippen LogP contribution is 2.38. The summed E-state index contributed by atoms with van der Waals surface area (Å²) < 4.78 is 1.71. The molecule has 1 aromatic carbocycles. The van der Waals surface area contributed by atoms with Gasteiger partial charge in [-0.2, -0.15) is 0 Å². The second kappa shape index (κ2) is 4.60. The van der Waals surface area contributed by atoms with Gasteiger partial charge in [0, 0.05) is 11.8 Å². The van der Waals surface area contributed by atoms with Crippen molar-refractivity contribution < 1.29 is 0 Å². The van der Waals surface area contributed by atoms with E-state index in [2.05, 4.69) is 4.98 Å². The quantitative estimate of drug-likeness (QED) is 0.716. The van der Waals surface area contributed by atoms with Gasteiger partial charge >= 0.3 is 0 Å². The molecule has 96 valence electrons. The Morgan fingerprint density at radius 1 is 0.947 bits per heavy atom. The van der Waals surface area contributed by atoms with Gasteiger partial charge < -0.3 is 5.73 Å². The largest absolute Gasteiger partial charge is 0.383 e. The van der Waals surface area contributed by atoms with Crippen LogP contribution < -0.4 is 5.73 Å². The molecule has 3 aromatic rings. The van der Waals surface area contributed by atoms with E-state index in [-0.39, 0.29) is 0 Å². The molecule has 0 saturated carbocycles. The first-order valence-corrected chi connectivity index (χ1v) is 6.59. The molecule has 3 nitrogen and oxygen atoms in total. The molecule has 0 spiro atoms. The number of aromatic nitrogens is 2. The number of pyridine rings is 1. The predicted octanol–water partition coefficient (Wildman–Crippen LogP) is 4.54. The molecule has 2 N–H and O–H groups in total. The zero-order chi connectivity index (χ0) is 13.6. The first-order chi connectivity index (χ1) is 9.09. The van der Waals surface area contributed by atoms with Crippen molar-refractivity contribution in [2.45, 2.75) is 0 Å². The Morgan fingerprint density at radius 2 is 1.58 bits per heavy atom. The van der Waals surface area contributed by atoms with E-state index in [0.717, 1.165) is 0 Å². The highest BCUT2D eigenvalue weighted by Gasteiger charge is 2.17. The summed E-state index contributed by atoms with van der Waals surface area (Å²) in [5.41, 5.74) is 7.82. The van der Waals surface area contributed by atoms with Crippen LogP contribution in [0.5, 0.6) is 0 Å². The van der Waals surface area contributed by atoms with Crippen molar-refractivity contribution in [3.8, 4) is 11.3 Å². The fourth-order valence-corrected chi connectivity index (χ4v) is 2.74. The van der Waals surface area contributed by atoms with E-state index in [0.29, 0.717) is 37.8 Å². The lowest BCUT2D eigenvalue weighted by Gasteiger charge is -2.04. The van der Waals surface area contributed by atoms with Crippen molar-refractivity contribution in [2.75, 3.05) is 5.73 Å². The number of nitrogens with zero attached hydrogens (tertiary/aromatic N) is 2. The maximum atomic E-state index is 6.18. The molecule has 0 amide bonds. The summed E-state index contributed by atoms with van der Waals surface area (Å²) in [7, 11) is 0. The summed E-state index contributed by atoms with van der Waals surface area (Å²) in [5.74, 6) is 0.451. The Hall–Kier alpha value is -1.42. The van der Waals surface area contributed by atoms with Gasteiger partial charge in [0.15, 0.2) is 5.65 Å². The van der Waals surface area contributed by atoms with Gasteiger partial charge in [-0.15, -0.1) is 0 Å². The molecule has 0 fully saturated rings. The lowest BCUT2D eigenvalue weighted by molar-refractivity contribution is 1.20. The zero-order valence-electron chi connectivity index (χ0n) is 9.57. The molecule has 3 rings (SSSR count). The summed E-state index contributed by atoms with van der Waals surface area (Å²) in [4.78, 5) is 4.44. The van der Waals surface area contributed by atoms with Gasteiger partial charge in [-0.1, -0.05) is 40.9 Å². The minimum Gasteiger partial charge on any atom is -0.383 e.